The molecule has 0 unspecified atom stereocenters. The molecule has 6 nitrogen and oxygen atoms in total. The van der Waals surface area contributed by atoms with Gasteiger partial charge in [-0.05, 0) is 55.6 Å². The standard InChI is InChI=1S/C21H29F4N3O3/c1-31-9-4-19(29)26-5-8-28-6-2-15(3-7-28)14-27-20(30)17-10-16(13-22)11-18(12-17)21(23,24)25/h10-12,15H,2-9,13-14H2,1H3,(H,26,29)(H,27,30). The van der Waals surface area contributed by atoms with E-state index in [1.54, 1.807) is 7.11 Å². The van der Waals surface area contributed by atoms with Gasteiger partial charge in [0.05, 0.1) is 12.2 Å². The number of amides is 2. The Balaban J connectivity index is 1.75. The molecule has 1 aromatic rings. The van der Waals surface area contributed by atoms with E-state index in [1.165, 1.54) is 0 Å². The van der Waals surface area contributed by atoms with Crippen LogP contribution in [0.25, 0.3) is 0 Å². The normalized spacial score (nSPS) is 15.6. The molecule has 1 aliphatic heterocycles. The minimum absolute atomic E-state index is 0.0510. The van der Waals surface area contributed by atoms with Crippen molar-refractivity contribution in [3.8, 4) is 0 Å². The van der Waals surface area contributed by atoms with Crippen LogP contribution in [0.1, 0.15) is 40.7 Å². The topological polar surface area (TPSA) is 70.7 Å². The highest BCUT2D eigenvalue weighted by Gasteiger charge is 2.32. The first-order valence-electron chi connectivity index (χ1n) is 10.3. The van der Waals surface area contributed by atoms with Crippen molar-refractivity contribution in [3.63, 3.8) is 0 Å². The smallest absolute Gasteiger partial charge is 0.384 e. The third-order valence-corrected chi connectivity index (χ3v) is 5.28. The monoisotopic (exact) mass is 447 g/mol. The number of alkyl halides is 4. The SMILES string of the molecule is COCCC(=O)NCCN1CCC(CNC(=O)c2cc(CF)cc(C(F)(F)F)c2)CC1. The number of nitrogens with zero attached hydrogens (tertiary/aromatic N) is 1. The van der Waals surface area contributed by atoms with E-state index in [9.17, 15) is 27.2 Å². The number of benzene rings is 1. The highest BCUT2D eigenvalue weighted by Crippen LogP contribution is 2.31. The molecule has 10 heteroatoms. The largest absolute Gasteiger partial charge is 0.416 e. The highest BCUT2D eigenvalue weighted by molar-refractivity contribution is 5.94. The summed E-state index contributed by atoms with van der Waals surface area (Å²) in [5.74, 6) is -0.477. The van der Waals surface area contributed by atoms with Crippen LogP contribution in [0, 0.1) is 5.92 Å². The van der Waals surface area contributed by atoms with Crippen molar-refractivity contribution in [2.75, 3.05) is 46.4 Å². The van der Waals surface area contributed by atoms with Crippen LogP contribution < -0.4 is 10.6 Å². The van der Waals surface area contributed by atoms with Crippen LogP contribution in [0.15, 0.2) is 18.2 Å². The predicted molar refractivity (Wildman–Crippen MR) is 107 cm³/mol. The molecule has 0 radical (unpaired) electrons. The number of hydrogen-bond acceptors (Lipinski definition) is 4. The fourth-order valence-corrected chi connectivity index (χ4v) is 3.45. The van der Waals surface area contributed by atoms with Crippen molar-refractivity contribution in [2.24, 2.45) is 5.92 Å². The van der Waals surface area contributed by atoms with Gasteiger partial charge in [-0.25, -0.2) is 4.39 Å². The molecular formula is C21H29F4N3O3. The number of carbonyl (C=O) groups is 2. The molecule has 0 saturated carbocycles. The summed E-state index contributed by atoms with van der Waals surface area (Å²) in [5, 5.41) is 5.51. The molecular weight excluding hydrogens is 418 g/mol. The summed E-state index contributed by atoms with van der Waals surface area (Å²) in [5.41, 5.74) is -1.40. The first-order valence-corrected chi connectivity index (χ1v) is 10.3. The van der Waals surface area contributed by atoms with Gasteiger partial charge in [-0.2, -0.15) is 13.2 Å². The second-order valence-corrected chi connectivity index (χ2v) is 7.64. The number of ether oxygens (including phenoxy) is 1. The van der Waals surface area contributed by atoms with E-state index >= 15 is 0 Å². The Hall–Kier alpha value is -2.20. The van der Waals surface area contributed by atoms with Gasteiger partial charge < -0.3 is 20.3 Å². The lowest BCUT2D eigenvalue weighted by molar-refractivity contribution is -0.137. The number of methoxy groups -OCH3 is 1. The van der Waals surface area contributed by atoms with Gasteiger partial charge >= 0.3 is 6.18 Å². The van der Waals surface area contributed by atoms with E-state index in [0.717, 1.165) is 44.6 Å². The van der Waals surface area contributed by atoms with E-state index in [4.69, 9.17) is 4.74 Å². The maximum Gasteiger partial charge on any atom is 0.416 e. The Labute approximate surface area is 179 Å². The van der Waals surface area contributed by atoms with Crippen LogP contribution in [0.3, 0.4) is 0 Å². The number of likely N-dealkylation sites (tertiary alicyclic amines) is 1. The van der Waals surface area contributed by atoms with Crippen LogP contribution in [-0.2, 0) is 22.4 Å². The molecule has 1 aliphatic rings. The van der Waals surface area contributed by atoms with Crippen molar-refractivity contribution < 1.29 is 31.9 Å². The Morgan fingerprint density at radius 3 is 2.48 bits per heavy atom. The van der Waals surface area contributed by atoms with Crippen LogP contribution in [-0.4, -0.2) is 63.2 Å². The number of carbonyl (C=O) groups excluding carboxylic acids is 2. The van der Waals surface area contributed by atoms with Crippen LogP contribution in [0.2, 0.25) is 0 Å². The minimum atomic E-state index is -4.64. The van der Waals surface area contributed by atoms with Gasteiger partial charge in [-0.1, -0.05) is 0 Å². The van der Waals surface area contributed by atoms with E-state index in [-0.39, 0.29) is 23.0 Å². The van der Waals surface area contributed by atoms with Gasteiger partial charge in [-0.3, -0.25) is 9.59 Å². The van der Waals surface area contributed by atoms with Crippen LogP contribution in [0.5, 0.6) is 0 Å². The Morgan fingerprint density at radius 2 is 1.87 bits per heavy atom. The summed E-state index contributed by atoms with van der Waals surface area (Å²) < 4.78 is 56.6. The molecule has 1 fully saturated rings. The highest BCUT2D eigenvalue weighted by atomic mass is 19.4. The average molecular weight is 447 g/mol. The summed E-state index contributed by atoms with van der Waals surface area (Å²) in [4.78, 5) is 26.1. The van der Waals surface area contributed by atoms with Crippen molar-refractivity contribution >= 4 is 11.8 Å². The van der Waals surface area contributed by atoms with Gasteiger partial charge in [0.2, 0.25) is 5.91 Å². The molecule has 1 aromatic carbocycles. The second kappa shape index (κ2) is 12.0. The lowest BCUT2D eigenvalue weighted by Gasteiger charge is -2.32. The molecule has 0 atom stereocenters. The molecule has 0 aromatic heterocycles. The summed E-state index contributed by atoms with van der Waals surface area (Å²) in [7, 11) is 1.54. The molecule has 31 heavy (non-hydrogen) atoms. The zero-order chi connectivity index (χ0) is 22.9. The van der Waals surface area contributed by atoms with Gasteiger partial charge in [0.15, 0.2) is 0 Å². The van der Waals surface area contributed by atoms with Gasteiger partial charge in [0.1, 0.15) is 6.67 Å². The lowest BCUT2D eigenvalue weighted by Crippen LogP contribution is -2.42. The molecule has 1 saturated heterocycles. The van der Waals surface area contributed by atoms with E-state index < -0.39 is 24.3 Å². The van der Waals surface area contributed by atoms with Crippen molar-refractivity contribution in [3.05, 3.63) is 34.9 Å². The number of hydrogen-bond donors (Lipinski definition) is 2. The van der Waals surface area contributed by atoms with Gasteiger partial charge in [0.25, 0.3) is 5.91 Å². The first-order chi connectivity index (χ1) is 14.7. The van der Waals surface area contributed by atoms with Crippen molar-refractivity contribution in [1.82, 2.24) is 15.5 Å². The zero-order valence-corrected chi connectivity index (χ0v) is 17.6. The number of piperidine rings is 1. The van der Waals surface area contributed by atoms with E-state index in [0.29, 0.717) is 32.2 Å². The third-order valence-electron chi connectivity index (χ3n) is 5.28. The lowest BCUT2D eigenvalue weighted by atomic mass is 9.96. The molecule has 1 heterocycles. The first kappa shape index (κ1) is 25.1. The Morgan fingerprint density at radius 1 is 1.16 bits per heavy atom. The predicted octanol–water partition coefficient (Wildman–Crippen LogP) is 2.77. The molecule has 2 amide bonds. The number of nitrogens with one attached hydrogen (secondary N) is 2. The maximum atomic E-state index is 13.0. The number of halogens is 4. The molecule has 2 N–H and O–H groups in total. The fraction of sp³-hybridized carbons (Fsp3) is 0.619. The fourth-order valence-electron chi connectivity index (χ4n) is 3.45. The molecule has 2 rings (SSSR count). The molecule has 174 valence electrons. The Bertz CT molecular complexity index is 735. The summed E-state index contributed by atoms with van der Waals surface area (Å²) in [6, 6.07) is 2.61. The second-order valence-electron chi connectivity index (χ2n) is 7.64. The minimum Gasteiger partial charge on any atom is -0.384 e. The average Bonchev–Trinajstić information content (AvgIpc) is 2.75. The quantitative estimate of drug-likeness (QED) is 0.542. The Kier molecular flexibility index (Phi) is 9.70. The third kappa shape index (κ3) is 8.45. The molecule has 0 bridgehead atoms. The van der Waals surface area contributed by atoms with Crippen LogP contribution in [0.4, 0.5) is 17.6 Å². The maximum absolute atomic E-state index is 13.0. The summed E-state index contributed by atoms with van der Waals surface area (Å²) in [6.07, 6.45) is -2.65. The van der Waals surface area contributed by atoms with Crippen LogP contribution >= 0.6 is 0 Å². The van der Waals surface area contributed by atoms with E-state index in [1.807, 2.05) is 0 Å². The van der Waals surface area contributed by atoms with Gasteiger partial charge in [-0.15, -0.1) is 0 Å². The van der Waals surface area contributed by atoms with Gasteiger partial charge in [0, 0.05) is 38.7 Å². The number of rotatable bonds is 10. The summed E-state index contributed by atoms with van der Waals surface area (Å²) >= 11 is 0. The summed E-state index contributed by atoms with van der Waals surface area (Å²) in [6.45, 7) is 2.56. The van der Waals surface area contributed by atoms with Crippen molar-refractivity contribution in [1.29, 1.82) is 0 Å². The molecule has 0 spiro atoms. The zero-order valence-electron chi connectivity index (χ0n) is 17.6. The molecule has 0 aliphatic carbocycles. The van der Waals surface area contributed by atoms with Crippen molar-refractivity contribution in [2.45, 2.75) is 32.1 Å². The van der Waals surface area contributed by atoms with E-state index in [2.05, 4.69) is 15.5 Å².